The minimum atomic E-state index is -4.16. The van der Waals surface area contributed by atoms with Gasteiger partial charge < -0.3 is 4.74 Å². The van der Waals surface area contributed by atoms with Gasteiger partial charge >= 0.3 is 0 Å². The lowest BCUT2D eigenvalue weighted by Crippen LogP contribution is -2.86. The van der Waals surface area contributed by atoms with Gasteiger partial charge in [-0.1, -0.05) is 12.1 Å². The van der Waals surface area contributed by atoms with Crippen LogP contribution in [0.3, 0.4) is 0 Å². The lowest BCUT2D eigenvalue weighted by molar-refractivity contribution is -0.415. The minimum absolute atomic E-state index is 0.0735. The maximum atomic E-state index is 11.2. The number of rotatable bonds is 3. The Morgan fingerprint density at radius 3 is 2.29 bits per heavy atom. The molecular weight excluding hydrogens is 324 g/mol. The molecule has 1 spiro atoms. The van der Waals surface area contributed by atoms with Crippen molar-refractivity contribution in [3.8, 4) is 5.75 Å². The third-order valence-corrected chi connectivity index (χ3v) is 8.34. The lowest BCUT2D eigenvalue weighted by Gasteiger charge is -2.87. The van der Waals surface area contributed by atoms with E-state index in [2.05, 4.69) is 0 Å². The molecule has 6 rings (SSSR count). The van der Waals surface area contributed by atoms with Gasteiger partial charge in [0.2, 0.25) is 0 Å². The van der Waals surface area contributed by atoms with Gasteiger partial charge in [0.1, 0.15) is 11.9 Å². The Hall–Kier alpha value is -1.59. The first-order chi connectivity index (χ1) is 11.5. The lowest BCUT2D eigenvalue weighted by atomic mass is 9.17. The van der Waals surface area contributed by atoms with Crippen molar-refractivity contribution in [1.29, 1.82) is 0 Å². The van der Waals surface area contributed by atoms with E-state index >= 15 is 0 Å². The summed E-state index contributed by atoms with van der Waals surface area (Å²) in [7, 11) is -4.16. The molecular formula is C19H18O4S. The summed E-state index contributed by atoms with van der Waals surface area (Å²) in [5.41, 5.74) is 0.700. The van der Waals surface area contributed by atoms with Gasteiger partial charge in [0, 0.05) is 11.8 Å². The van der Waals surface area contributed by atoms with E-state index in [1.165, 1.54) is 31.4 Å². The van der Waals surface area contributed by atoms with Gasteiger partial charge in [-0.25, -0.2) is 0 Å². The zero-order chi connectivity index (χ0) is 16.3. The topological polar surface area (TPSA) is 63.6 Å². The highest BCUT2D eigenvalue weighted by molar-refractivity contribution is 7.85. The molecule has 5 heteroatoms. The summed E-state index contributed by atoms with van der Waals surface area (Å²) in [5.74, 6) is 4.42. The molecule has 1 N–H and O–H groups in total. The van der Waals surface area contributed by atoms with E-state index in [1.54, 1.807) is 6.07 Å². The van der Waals surface area contributed by atoms with E-state index in [-0.39, 0.29) is 4.90 Å². The van der Waals surface area contributed by atoms with Crippen molar-refractivity contribution in [3.05, 3.63) is 36.4 Å². The van der Waals surface area contributed by atoms with Gasteiger partial charge in [-0.2, -0.15) is 8.42 Å². The van der Waals surface area contributed by atoms with E-state index in [1.807, 2.05) is 18.2 Å². The molecule has 124 valence electrons. The summed E-state index contributed by atoms with van der Waals surface area (Å²) in [5, 5.41) is 1.71. The molecule has 4 aliphatic rings. The molecule has 4 atom stereocenters. The van der Waals surface area contributed by atoms with Crippen molar-refractivity contribution < 1.29 is 17.7 Å². The van der Waals surface area contributed by atoms with E-state index in [9.17, 15) is 8.42 Å². The predicted octanol–water partition coefficient (Wildman–Crippen LogP) is 3.51. The normalized spacial score (nSPS) is 41.1. The van der Waals surface area contributed by atoms with E-state index in [4.69, 9.17) is 9.29 Å². The van der Waals surface area contributed by atoms with Crippen molar-refractivity contribution in [2.24, 2.45) is 29.1 Å². The number of benzene rings is 2. The molecule has 2 aromatic carbocycles. The molecule has 0 saturated heterocycles. The molecule has 4 unspecified atom stereocenters. The van der Waals surface area contributed by atoms with Crippen LogP contribution >= 0.6 is 0 Å². The highest BCUT2D eigenvalue weighted by Gasteiger charge is 2.85. The Bertz CT molecular complexity index is 974. The summed E-state index contributed by atoms with van der Waals surface area (Å²) in [6.07, 6.45) is 4.55. The molecule has 4 aliphatic carbocycles. The summed E-state index contributed by atoms with van der Waals surface area (Å²) in [6.45, 7) is 0. The minimum Gasteiger partial charge on any atom is -0.490 e. The molecule has 0 aromatic heterocycles. The summed E-state index contributed by atoms with van der Waals surface area (Å²) >= 11 is 0. The summed E-state index contributed by atoms with van der Waals surface area (Å²) in [6, 6.07) is 10.4. The SMILES string of the molecule is O=S(=O)(O)c1ccc2cc(OC3C4CC5CC6CC3C564)ccc2c1. The van der Waals surface area contributed by atoms with Gasteiger partial charge in [0.25, 0.3) is 10.1 Å². The Balaban J connectivity index is 1.28. The van der Waals surface area contributed by atoms with E-state index < -0.39 is 10.1 Å². The van der Waals surface area contributed by atoms with E-state index in [0.29, 0.717) is 11.5 Å². The molecule has 0 aliphatic heterocycles. The second-order valence-corrected chi connectivity index (χ2v) is 9.46. The second kappa shape index (κ2) is 3.97. The quantitative estimate of drug-likeness (QED) is 0.867. The van der Waals surface area contributed by atoms with Gasteiger partial charge in [0.05, 0.1) is 4.90 Å². The monoisotopic (exact) mass is 342 g/mol. The van der Waals surface area contributed by atoms with Crippen LogP contribution in [0.15, 0.2) is 41.3 Å². The fraction of sp³-hybridized carbons (Fsp3) is 0.474. The summed E-state index contributed by atoms with van der Waals surface area (Å²) < 4.78 is 38.0. The first kappa shape index (κ1) is 13.7. The Morgan fingerprint density at radius 2 is 1.62 bits per heavy atom. The fourth-order valence-corrected chi connectivity index (χ4v) is 6.98. The zero-order valence-electron chi connectivity index (χ0n) is 13.1. The fourth-order valence-electron chi connectivity index (χ4n) is 6.47. The largest absolute Gasteiger partial charge is 0.490 e. The van der Waals surface area contributed by atoms with Crippen LogP contribution in [0.25, 0.3) is 10.8 Å². The van der Waals surface area contributed by atoms with Crippen molar-refractivity contribution in [2.45, 2.75) is 30.3 Å². The molecule has 2 aromatic rings. The maximum Gasteiger partial charge on any atom is 0.294 e. The molecule has 4 fully saturated rings. The number of hydrogen-bond acceptors (Lipinski definition) is 3. The molecule has 0 amide bonds. The first-order valence-electron chi connectivity index (χ1n) is 8.66. The van der Waals surface area contributed by atoms with Crippen LogP contribution in [0.5, 0.6) is 5.75 Å². The average molecular weight is 342 g/mol. The van der Waals surface area contributed by atoms with Crippen molar-refractivity contribution in [3.63, 3.8) is 0 Å². The molecule has 0 bridgehead atoms. The van der Waals surface area contributed by atoms with Crippen LogP contribution in [-0.4, -0.2) is 19.1 Å². The molecule has 4 saturated carbocycles. The van der Waals surface area contributed by atoms with Gasteiger partial charge in [0.15, 0.2) is 0 Å². The maximum absolute atomic E-state index is 11.2. The first-order valence-corrected chi connectivity index (χ1v) is 10.1. The van der Waals surface area contributed by atoms with Crippen LogP contribution < -0.4 is 4.74 Å². The van der Waals surface area contributed by atoms with Crippen LogP contribution in [0, 0.1) is 29.1 Å². The smallest absolute Gasteiger partial charge is 0.294 e. The van der Waals surface area contributed by atoms with Crippen molar-refractivity contribution in [2.75, 3.05) is 0 Å². The van der Waals surface area contributed by atoms with Gasteiger partial charge in [-0.05, 0) is 71.6 Å². The van der Waals surface area contributed by atoms with Crippen LogP contribution in [-0.2, 0) is 10.1 Å². The summed E-state index contributed by atoms with van der Waals surface area (Å²) in [4.78, 5) is -0.0735. The van der Waals surface area contributed by atoms with Crippen LogP contribution in [0.4, 0.5) is 0 Å². The highest BCUT2D eigenvalue weighted by atomic mass is 32.2. The van der Waals surface area contributed by atoms with E-state index in [0.717, 1.165) is 40.2 Å². The Kier molecular flexibility index (Phi) is 2.26. The molecule has 0 radical (unpaired) electrons. The number of ether oxygens (including phenoxy) is 1. The van der Waals surface area contributed by atoms with Crippen molar-refractivity contribution >= 4 is 20.9 Å². The third-order valence-electron chi connectivity index (χ3n) is 7.49. The average Bonchev–Trinajstić information content (AvgIpc) is 2.47. The molecule has 24 heavy (non-hydrogen) atoms. The van der Waals surface area contributed by atoms with Gasteiger partial charge in [-0.15, -0.1) is 0 Å². The third kappa shape index (κ3) is 1.39. The Morgan fingerprint density at radius 1 is 0.958 bits per heavy atom. The zero-order valence-corrected chi connectivity index (χ0v) is 13.9. The highest BCUT2D eigenvalue weighted by Crippen LogP contribution is 2.87. The second-order valence-electron chi connectivity index (χ2n) is 8.04. The standard InChI is InChI=1S/C19H18O4S/c20-24(21,22)15-4-2-10-5-14(3-1-11(10)6-15)23-18-16-8-12-7-13-9-17(18)19(12,13)16/h1-6,12-13,16-18H,7-9H2,(H,20,21,22). The molecule has 4 nitrogen and oxygen atoms in total. The van der Waals surface area contributed by atoms with Gasteiger partial charge in [-0.3, -0.25) is 4.55 Å². The predicted molar refractivity (Wildman–Crippen MR) is 88.4 cm³/mol. The molecule has 0 heterocycles. The van der Waals surface area contributed by atoms with Crippen LogP contribution in [0.1, 0.15) is 19.3 Å². The number of fused-ring (bicyclic) bond motifs is 1. The Labute approximate surface area is 140 Å². The van der Waals surface area contributed by atoms with Crippen LogP contribution in [0.2, 0.25) is 0 Å². The van der Waals surface area contributed by atoms with Crippen molar-refractivity contribution in [1.82, 2.24) is 0 Å². The number of hydrogen-bond donors (Lipinski definition) is 1.